The molecule has 2 amide bonds. The fraction of sp³-hybridized carbons (Fsp3) is 0.263. The molecule has 0 aliphatic carbocycles. The van der Waals surface area contributed by atoms with Crippen molar-refractivity contribution in [2.45, 2.75) is 20.3 Å². The molecule has 0 bridgehead atoms. The fourth-order valence-electron chi connectivity index (χ4n) is 2.85. The maximum atomic E-state index is 12.5. The van der Waals surface area contributed by atoms with Crippen LogP contribution in [0.2, 0.25) is 5.02 Å². The number of anilines is 2. The predicted molar refractivity (Wildman–Crippen MR) is 104 cm³/mol. The van der Waals surface area contributed by atoms with Gasteiger partial charge in [-0.1, -0.05) is 33.6 Å². The summed E-state index contributed by atoms with van der Waals surface area (Å²) in [6.45, 7) is 4.23. The maximum absolute atomic E-state index is 12.5. The molecule has 6 heteroatoms. The van der Waals surface area contributed by atoms with Crippen LogP contribution in [0, 0.1) is 19.8 Å². The Kier molecular flexibility index (Phi) is 5.16. The molecule has 1 atom stereocenters. The summed E-state index contributed by atoms with van der Waals surface area (Å²) in [5.74, 6) is -0.584. The molecule has 0 spiro atoms. The molecule has 0 saturated carbocycles. The van der Waals surface area contributed by atoms with E-state index in [1.807, 2.05) is 44.2 Å². The van der Waals surface area contributed by atoms with E-state index in [2.05, 4.69) is 21.2 Å². The lowest BCUT2D eigenvalue weighted by atomic mass is 10.1. The Morgan fingerprint density at radius 1 is 1.20 bits per heavy atom. The Morgan fingerprint density at radius 2 is 1.96 bits per heavy atom. The van der Waals surface area contributed by atoms with E-state index in [1.54, 1.807) is 11.0 Å². The third kappa shape index (κ3) is 3.88. The number of nitrogens with zero attached hydrogens (tertiary/aromatic N) is 1. The summed E-state index contributed by atoms with van der Waals surface area (Å²) in [5.41, 5.74) is 3.46. The summed E-state index contributed by atoms with van der Waals surface area (Å²) >= 11 is 9.59. The third-order valence-electron chi connectivity index (χ3n) is 4.39. The summed E-state index contributed by atoms with van der Waals surface area (Å²) in [6.07, 6.45) is 0.201. The lowest BCUT2D eigenvalue weighted by Gasteiger charge is -2.17. The lowest BCUT2D eigenvalue weighted by Crippen LogP contribution is -2.28. The molecule has 0 aromatic heterocycles. The monoisotopic (exact) mass is 420 g/mol. The van der Waals surface area contributed by atoms with Crippen molar-refractivity contribution in [2.75, 3.05) is 16.8 Å². The van der Waals surface area contributed by atoms with E-state index in [0.29, 0.717) is 11.6 Å². The van der Waals surface area contributed by atoms with Gasteiger partial charge in [-0.25, -0.2) is 0 Å². The Bertz CT molecular complexity index is 853. The summed E-state index contributed by atoms with van der Waals surface area (Å²) in [6, 6.07) is 11.1. The number of benzene rings is 2. The zero-order valence-corrected chi connectivity index (χ0v) is 16.3. The van der Waals surface area contributed by atoms with Gasteiger partial charge in [0.2, 0.25) is 11.8 Å². The van der Waals surface area contributed by atoms with Gasteiger partial charge in [0, 0.05) is 33.8 Å². The number of carbonyl (C=O) groups excluding carboxylic acids is 2. The molecule has 25 heavy (non-hydrogen) atoms. The Morgan fingerprint density at radius 3 is 2.64 bits per heavy atom. The van der Waals surface area contributed by atoms with Crippen molar-refractivity contribution in [3.8, 4) is 0 Å². The molecule has 0 radical (unpaired) electrons. The van der Waals surface area contributed by atoms with Gasteiger partial charge in [-0.15, -0.1) is 0 Å². The minimum atomic E-state index is -0.378. The van der Waals surface area contributed by atoms with E-state index in [-0.39, 0.29) is 24.2 Å². The van der Waals surface area contributed by atoms with Crippen LogP contribution in [0.1, 0.15) is 17.5 Å². The van der Waals surface area contributed by atoms with Crippen LogP contribution < -0.4 is 10.2 Å². The third-order valence-corrected chi connectivity index (χ3v) is 5.69. The molecule has 1 saturated heterocycles. The second-order valence-electron chi connectivity index (χ2n) is 6.29. The molecule has 4 nitrogen and oxygen atoms in total. The van der Waals surface area contributed by atoms with Crippen LogP contribution in [0.4, 0.5) is 11.4 Å². The highest BCUT2D eigenvalue weighted by Crippen LogP contribution is 2.29. The number of nitrogens with one attached hydrogen (secondary N) is 1. The highest BCUT2D eigenvalue weighted by atomic mass is 79.9. The quantitative estimate of drug-likeness (QED) is 0.780. The zero-order chi connectivity index (χ0) is 18.1. The second kappa shape index (κ2) is 7.18. The first-order valence-corrected chi connectivity index (χ1v) is 9.16. The van der Waals surface area contributed by atoms with Crippen LogP contribution in [0.5, 0.6) is 0 Å². The summed E-state index contributed by atoms with van der Waals surface area (Å²) < 4.78 is 0.990. The van der Waals surface area contributed by atoms with Crippen molar-refractivity contribution in [1.29, 1.82) is 0 Å². The largest absolute Gasteiger partial charge is 0.326 e. The van der Waals surface area contributed by atoms with E-state index in [4.69, 9.17) is 11.6 Å². The van der Waals surface area contributed by atoms with Crippen molar-refractivity contribution < 1.29 is 9.59 Å². The maximum Gasteiger partial charge on any atom is 0.229 e. The number of halogens is 2. The standard InChI is InChI=1S/C19H18BrClN2O2/c1-11-3-5-15(9-17(11)21)23-10-13(8-18(23)24)19(25)22-14-4-6-16(20)12(2)7-14/h3-7,9,13H,8,10H2,1-2H3,(H,22,25)/t13-/m0/s1. The molecule has 130 valence electrons. The van der Waals surface area contributed by atoms with Crippen molar-refractivity contribution in [2.24, 2.45) is 5.92 Å². The van der Waals surface area contributed by atoms with Crippen molar-refractivity contribution in [3.63, 3.8) is 0 Å². The van der Waals surface area contributed by atoms with E-state index in [0.717, 1.165) is 27.0 Å². The van der Waals surface area contributed by atoms with E-state index in [9.17, 15) is 9.59 Å². The van der Waals surface area contributed by atoms with Crippen LogP contribution in [-0.2, 0) is 9.59 Å². The van der Waals surface area contributed by atoms with E-state index in [1.165, 1.54) is 0 Å². The van der Waals surface area contributed by atoms with Gasteiger partial charge in [0.05, 0.1) is 5.92 Å². The number of amides is 2. The highest BCUT2D eigenvalue weighted by Gasteiger charge is 2.35. The Balaban J connectivity index is 1.71. The molecular formula is C19H18BrClN2O2. The van der Waals surface area contributed by atoms with Gasteiger partial charge in [-0.3, -0.25) is 9.59 Å². The molecule has 2 aromatic rings. The first kappa shape index (κ1) is 18.0. The summed E-state index contributed by atoms with van der Waals surface area (Å²) in [4.78, 5) is 26.5. The highest BCUT2D eigenvalue weighted by molar-refractivity contribution is 9.10. The van der Waals surface area contributed by atoms with Crippen molar-refractivity contribution in [3.05, 3.63) is 57.0 Å². The van der Waals surface area contributed by atoms with Gasteiger partial charge in [-0.2, -0.15) is 0 Å². The van der Waals surface area contributed by atoms with Crippen LogP contribution in [0.15, 0.2) is 40.9 Å². The number of aryl methyl sites for hydroxylation is 2. The smallest absolute Gasteiger partial charge is 0.229 e. The normalized spacial score (nSPS) is 17.0. The Hall–Kier alpha value is -1.85. The average molecular weight is 422 g/mol. The average Bonchev–Trinajstić information content (AvgIpc) is 2.95. The first-order valence-electron chi connectivity index (χ1n) is 7.98. The number of hydrogen-bond donors (Lipinski definition) is 1. The minimum absolute atomic E-state index is 0.0629. The van der Waals surface area contributed by atoms with Crippen molar-refractivity contribution >= 4 is 50.7 Å². The van der Waals surface area contributed by atoms with E-state index < -0.39 is 0 Å². The summed E-state index contributed by atoms with van der Waals surface area (Å²) in [5, 5.41) is 3.51. The molecule has 1 N–H and O–H groups in total. The zero-order valence-electron chi connectivity index (χ0n) is 14.0. The van der Waals surface area contributed by atoms with Gasteiger partial charge in [0.1, 0.15) is 0 Å². The second-order valence-corrected chi connectivity index (χ2v) is 7.55. The van der Waals surface area contributed by atoms with Crippen molar-refractivity contribution in [1.82, 2.24) is 0 Å². The molecule has 1 heterocycles. The minimum Gasteiger partial charge on any atom is -0.326 e. The molecule has 3 rings (SSSR count). The molecule has 1 fully saturated rings. The SMILES string of the molecule is Cc1ccc(N2C[C@@H](C(=O)Nc3ccc(Br)c(C)c3)CC2=O)cc1Cl. The van der Waals surface area contributed by atoms with Crippen LogP contribution >= 0.6 is 27.5 Å². The molecular weight excluding hydrogens is 404 g/mol. The number of carbonyl (C=O) groups is 2. The number of rotatable bonds is 3. The van der Waals surface area contributed by atoms with Gasteiger partial charge in [0.25, 0.3) is 0 Å². The molecule has 1 aliphatic heterocycles. The predicted octanol–water partition coefficient (Wildman–Crippen LogP) is 4.71. The topological polar surface area (TPSA) is 49.4 Å². The molecule has 1 aliphatic rings. The van der Waals surface area contributed by atoms with Gasteiger partial charge >= 0.3 is 0 Å². The number of hydrogen-bond acceptors (Lipinski definition) is 2. The van der Waals surface area contributed by atoms with Gasteiger partial charge < -0.3 is 10.2 Å². The lowest BCUT2D eigenvalue weighted by molar-refractivity contribution is -0.122. The Labute approximate surface area is 160 Å². The van der Waals surface area contributed by atoms with Crippen LogP contribution in [-0.4, -0.2) is 18.4 Å². The van der Waals surface area contributed by atoms with Crippen LogP contribution in [0.3, 0.4) is 0 Å². The van der Waals surface area contributed by atoms with Gasteiger partial charge in [0.15, 0.2) is 0 Å². The van der Waals surface area contributed by atoms with Crippen LogP contribution in [0.25, 0.3) is 0 Å². The summed E-state index contributed by atoms with van der Waals surface area (Å²) in [7, 11) is 0. The first-order chi connectivity index (χ1) is 11.8. The fourth-order valence-corrected chi connectivity index (χ4v) is 3.27. The van der Waals surface area contributed by atoms with Gasteiger partial charge in [-0.05, 0) is 55.3 Å². The molecule has 2 aromatic carbocycles. The van der Waals surface area contributed by atoms with E-state index >= 15 is 0 Å². The molecule has 0 unspecified atom stereocenters.